The highest BCUT2D eigenvalue weighted by Crippen LogP contribution is 2.14. The second kappa shape index (κ2) is 7.07. The van der Waals surface area contributed by atoms with Crippen molar-refractivity contribution in [1.29, 1.82) is 0 Å². The van der Waals surface area contributed by atoms with Crippen LogP contribution in [0.5, 0.6) is 0 Å². The smallest absolute Gasteiger partial charge is 0.135 e. The molecule has 0 saturated carbocycles. The number of fused-ring (bicyclic) bond motifs is 1. The van der Waals surface area contributed by atoms with E-state index in [0.717, 1.165) is 56.7 Å². The number of hydrogen-bond acceptors (Lipinski definition) is 6. The first kappa shape index (κ1) is 15.2. The fourth-order valence-electron chi connectivity index (χ4n) is 3.17. The Morgan fingerprint density at radius 3 is 2.58 bits per heavy atom. The molecule has 0 aliphatic carbocycles. The summed E-state index contributed by atoms with van der Waals surface area (Å²) in [6.07, 6.45) is 2.89. The van der Waals surface area contributed by atoms with Crippen molar-refractivity contribution in [3.05, 3.63) is 53.9 Å². The second-order valence-electron chi connectivity index (χ2n) is 6.28. The van der Waals surface area contributed by atoms with Crippen molar-refractivity contribution in [3.8, 4) is 0 Å². The minimum absolute atomic E-state index is 0.818. The van der Waals surface area contributed by atoms with Crippen LogP contribution < -0.4 is 0 Å². The quantitative estimate of drug-likeness (QED) is 0.715. The van der Waals surface area contributed by atoms with Gasteiger partial charge in [-0.15, -0.1) is 0 Å². The van der Waals surface area contributed by atoms with Crippen LogP contribution >= 0.6 is 0 Å². The largest absolute Gasteiger partial charge is 0.300 e. The average Bonchev–Trinajstić information content (AvgIpc) is 3.10. The van der Waals surface area contributed by atoms with Crippen molar-refractivity contribution >= 4 is 11.0 Å². The van der Waals surface area contributed by atoms with Gasteiger partial charge in [0, 0.05) is 57.6 Å². The third kappa shape index (κ3) is 3.60. The monoisotopic (exact) mass is 323 g/mol. The van der Waals surface area contributed by atoms with Crippen LogP contribution in [0.1, 0.15) is 11.3 Å². The molecule has 24 heavy (non-hydrogen) atoms. The molecule has 124 valence electrons. The normalized spacial score (nSPS) is 16.7. The number of pyridine rings is 1. The topological polar surface area (TPSA) is 58.3 Å². The van der Waals surface area contributed by atoms with Crippen LogP contribution in [0, 0.1) is 0 Å². The van der Waals surface area contributed by atoms with E-state index in [0.29, 0.717) is 0 Å². The Morgan fingerprint density at radius 2 is 1.75 bits per heavy atom. The highest BCUT2D eigenvalue weighted by molar-refractivity contribution is 5.73. The van der Waals surface area contributed by atoms with Gasteiger partial charge in [0.15, 0.2) is 0 Å². The zero-order valence-corrected chi connectivity index (χ0v) is 13.6. The van der Waals surface area contributed by atoms with Crippen molar-refractivity contribution in [3.63, 3.8) is 0 Å². The molecule has 4 rings (SSSR count). The van der Waals surface area contributed by atoms with Crippen LogP contribution in [-0.4, -0.2) is 57.8 Å². The lowest BCUT2D eigenvalue weighted by molar-refractivity contribution is 0.128. The van der Waals surface area contributed by atoms with Gasteiger partial charge in [-0.2, -0.15) is 0 Å². The van der Waals surface area contributed by atoms with Crippen LogP contribution in [0.3, 0.4) is 0 Å². The van der Waals surface area contributed by atoms with Crippen molar-refractivity contribution in [2.24, 2.45) is 0 Å². The van der Waals surface area contributed by atoms with Crippen LogP contribution in [0.15, 0.2) is 47.2 Å². The lowest BCUT2D eigenvalue weighted by Crippen LogP contribution is -2.46. The number of benzene rings is 1. The van der Waals surface area contributed by atoms with Crippen molar-refractivity contribution in [2.75, 3.05) is 32.7 Å². The summed E-state index contributed by atoms with van der Waals surface area (Å²) in [7, 11) is 0. The molecule has 1 fully saturated rings. The summed E-state index contributed by atoms with van der Waals surface area (Å²) in [5.74, 6) is 0. The lowest BCUT2D eigenvalue weighted by atomic mass is 10.1. The maximum atomic E-state index is 4.76. The summed E-state index contributed by atoms with van der Waals surface area (Å²) < 4.78 is 4.76. The predicted octanol–water partition coefficient (Wildman–Crippen LogP) is 1.98. The van der Waals surface area contributed by atoms with Gasteiger partial charge >= 0.3 is 0 Å². The molecule has 6 heteroatoms. The Kier molecular flexibility index (Phi) is 4.49. The Hall–Kier alpha value is -2.31. The van der Waals surface area contributed by atoms with E-state index < -0.39 is 0 Å². The van der Waals surface area contributed by atoms with Gasteiger partial charge in [0.1, 0.15) is 11.0 Å². The zero-order chi connectivity index (χ0) is 16.2. The van der Waals surface area contributed by atoms with Crippen LogP contribution in [0.4, 0.5) is 0 Å². The Bertz CT molecular complexity index is 780. The molecule has 1 aromatic carbocycles. The van der Waals surface area contributed by atoms with Gasteiger partial charge in [-0.1, -0.05) is 12.1 Å². The molecule has 1 aliphatic heterocycles. The minimum Gasteiger partial charge on any atom is -0.300 e. The van der Waals surface area contributed by atoms with Gasteiger partial charge in [0.25, 0.3) is 0 Å². The molecule has 0 amide bonds. The van der Waals surface area contributed by atoms with Gasteiger partial charge in [-0.25, -0.2) is 4.63 Å². The van der Waals surface area contributed by atoms with E-state index in [1.807, 2.05) is 18.3 Å². The summed E-state index contributed by atoms with van der Waals surface area (Å²) in [5.41, 5.74) is 4.09. The van der Waals surface area contributed by atoms with E-state index in [9.17, 15) is 0 Å². The average molecular weight is 323 g/mol. The fraction of sp³-hybridized carbons (Fsp3) is 0.389. The molecule has 0 radical (unpaired) electrons. The van der Waals surface area contributed by atoms with Gasteiger partial charge in [0.05, 0.1) is 0 Å². The molecule has 0 atom stereocenters. The highest BCUT2D eigenvalue weighted by atomic mass is 16.6. The van der Waals surface area contributed by atoms with E-state index in [1.165, 1.54) is 11.3 Å². The maximum Gasteiger partial charge on any atom is 0.135 e. The molecule has 6 nitrogen and oxygen atoms in total. The van der Waals surface area contributed by atoms with E-state index in [4.69, 9.17) is 4.63 Å². The first-order valence-electron chi connectivity index (χ1n) is 8.43. The number of piperazine rings is 1. The third-order valence-electron chi connectivity index (χ3n) is 4.60. The van der Waals surface area contributed by atoms with Gasteiger partial charge in [0.2, 0.25) is 0 Å². The molecular formula is C18H21N5O. The summed E-state index contributed by atoms with van der Waals surface area (Å²) in [5, 5.41) is 7.77. The molecule has 3 aromatic rings. The van der Waals surface area contributed by atoms with E-state index in [1.54, 1.807) is 0 Å². The van der Waals surface area contributed by atoms with E-state index >= 15 is 0 Å². The predicted molar refractivity (Wildman–Crippen MR) is 91.5 cm³/mol. The van der Waals surface area contributed by atoms with Gasteiger partial charge in [-0.3, -0.25) is 9.88 Å². The van der Waals surface area contributed by atoms with E-state index in [-0.39, 0.29) is 0 Å². The first-order chi connectivity index (χ1) is 11.9. The van der Waals surface area contributed by atoms with Crippen LogP contribution in [0.2, 0.25) is 0 Å². The molecule has 0 unspecified atom stereocenters. The van der Waals surface area contributed by atoms with Gasteiger partial charge < -0.3 is 4.90 Å². The molecule has 2 aromatic heterocycles. The number of hydrogen-bond donors (Lipinski definition) is 0. The maximum absolute atomic E-state index is 4.76. The number of nitrogens with zero attached hydrogens (tertiary/aromatic N) is 5. The highest BCUT2D eigenvalue weighted by Gasteiger charge is 2.17. The standard InChI is InChI=1S/C18H21N5O/c1-2-7-19-16(3-1)6-8-22-9-11-23(12-10-22)14-15-4-5-17-18(13-15)21-24-20-17/h1-5,7,13H,6,8-12,14H2. The van der Waals surface area contributed by atoms with E-state index in [2.05, 4.69) is 49.4 Å². The molecule has 1 saturated heterocycles. The van der Waals surface area contributed by atoms with Crippen molar-refractivity contribution in [1.82, 2.24) is 25.1 Å². The molecule has 0 bridgehead atoms. The molecular weight excluding hydrogens is 302 g/mol. The summed E-state index contributed by atoms with van der Waals surface area (Å²) >= 11 is 0. The number of aromatic nitrogens is 3. The lowest BCUT2D eigenvalue weighted by Gasteiger charge is -2.34. The Balaban J connectivity index is 1.26. The fourth-order valence-corrected chi connectivity index (χ4v) is 3.17. The molecule has 0 N–H and O–H groups in total. The molecule has 3 heterocycles. The SMILES string of the molecule is c1ccc(CCN2CCN(Cc3ccc4nonc4c3)CC2)nc1. The summed E-state index contributed by atoms with van der Waals surface area (Å²) in [6.45, 7) is 6.45. The third-order valence-corrected chi connectivity index (χ3v) is 4.60. The van der Waals surface area contributed by atoms with Crippen LogP contribution in [-0.2, 0) is 13.0 Å². The number of rotatable bonds is 5. The molecule has 0 spiro atoms. The Labute approximate surface area is 141 Å². The summed E-state index contributed by atoms with van der Waals surface area (Å²) in [4.78, 5) is 9.41. The van der Waals surface area contributed by atoms with Gasteiger partial charge in [-0.05, 0) is 40.1 Å². The summed E-state index contributed by atoms with van der Waals surface area (Å²) in [6, 6.07) is 12.3. The second-order valence-corrected chi connectivity index (χ2v) is 6.28. The van der Waals surface area contributed by atoms with Crippen LogP contribution in [0.25, 0.3) is 11.0 Å². The minimum atomic E-state index is 0.818. The Morgan fingerprint density at radius 1 is 0.917 bits per heavy atom. The van der Waals surface area contributed by atoms with Crippen molar-refractivity contribution in [2.45, 2.75) is 13.0 Å². The molecule has 1 aliphatic rings. The first-order valence-corrected chi connectivity index (χ1v) is 8.43. The van der Waals surface area contributed by atoms with Crippen molar-refractivity contribution < 1.29 is 4.63 Å². The zero-order valence-electron chi connectivity index (χ0n) is 13.6.